The summed E-state index contributed by atoms with van der Waals surface area (Å²) < 4.78 is 57.7. The highest BCUT2D eigenvalue weighted by Crippen LogP contribution is 2.35. The van der Waals surface area contributed by atoms with E-state index in [1.54, 1.807) is 0 Å². The van der Waals surface area contributed by atoms with Crippen molar-refractivity contribution < 1.29 is 22.3 Å². The largest absolute Gasteiger partial charge is 0.494 e. The van der Waals surface area contributed by atoms with Crippen LogP contribution in [0.25, 0.3) is 0 Å². The van der Waals surface area contributed by atoms with Gasteiger partial charge in [0.15, 0.2) is 11.6 Å². The molecule has 0 radical (unpaired) electrons. The van der Waals surface area contributed by atoms with E-state index in [-0.39, 0.29) is 0 Å². The molecule has 0 aliphatic rings. The molecule has 0 bridgehead atoms. The Balaban J connectivity index is 3.31. The molecule has 0 fully saturated rings. The molecule has 1 atom stereocenters. The summed E-state index contributed by atoms with van der Waals surface area (Å²) in [6, 6.07) is -0.645. The number of benzene rings is 1. The highest BCUT2D eigenvalue weighted by atomic mass is 19.3. The van der Waals surface area contributed by atoms with Crippen molar-refractivity contribution in [2.75, 3.05) is 7.11 Å². The zero-order valence-corrected chi connectivity index (χ0v) is 8.73. The van der Waals surface area contributed by atoms with Crippen LogP contribution in [0.15, 0.2) is 12.1 Å². The van der Waals surface area contributed by atoms with Crippen LogP contribution in [-0.4, -0.2) is 13.2 Å². The van der Waals surface area contributed by atoms with Crippen molar-refractivity contribution >= 4 is 0 Å². The lowest BCUT2D eigenvalue weighted by Crippen LogP contribution is -2.36. The van der Waals surface area contributed by atoms with Gasteiger partial charge in [-0.2, -0.15) is 8.78 Å². The van der Waals surface area contributed by atoms with E-state index in [9.17, 15) is 17.6 Å². The van der Waals surface area contributed by atoms with Gasteiger partial charge in [-0.15, -0.1) is 0 Å². The topological polar surface area (TPSA) is 35.2 Å². The summed E-state index contributed by atoms with van der Waals surface area (Å²) in [5, 5.41) is 0. The van der Waals surface area contributed by atoms with E-state index in [4.69, 9.17) is 5.73 Å². The van der Waals surface area contributed by atoms with Crippen molar-refractivity contribution in [3.63, 3.8) is 0 Å². The van der Waals surface area contributed by atoms with Gasteiger partial charge in [0.1, 0.15) is 5.82 Å². The fraction of sp³-hybridized carbons (Fsp3) is 0.400. The Labute approximate surface area is 90.0 Å². The van der Waals surface area contributed by atoms with E-state index in [0.29, 0.717) is 12.1 Å². The van der Waals surface area contributed by atoms with Gasteiger partial charge in [0.25, 0.3) is 5.92 Å². The molecule has 0 amide bonds. The molecular weight excluding hydrogens is 226 g/mol. The van der Waals surface area contributed by atoms with Gasteiger partial charge >= 0.3 is 0 Å². The molecule has 0 saturated carbocycles. The molecule has 0 aromatic heterocycles. The highest BCUT2D eigenvalue weighted by molar-refractivity contribution is 5.33. The maximum Gasteiger partial charge on any atom is 0.290 e. The van der Waals surface area contributed by atoms with E-state index in [1.165, 1.54) is 0 Å². The second-order valence-electron chi connectivity index (χ2n) is 3.38. The van der Waals surface area contributed by atoms with Crippen molar-refractivity contribution in [3.8, 4) is 5.75 Å². The summed E-state index contributed by atoms with van der Waals surface area (Å²) in [7, 11) is 1.11. The van der Waals surface area contributed by atoms with Crippen molar-refractivity contribution in [2.45, 2.75) is 18.9 Å². The average molecular weight is 237 g/mol. The average Bonchev–Trinajstić information content (AvgIpc) is 2.20. The fourth-order valence-corrected chi connectivity index (χ4v) is 1.19. The molecule has 0 aliphatic carbocycles. The monoisotopic (exact) mass is 237 g/mol. The van der Waals surface area contributed by atoms with Crippen LogP contribution in [0.2, 0.25) is 0 Å². The van der Waals surface area contributed by atoms with Crippen molar-refractivity contribution in [2.24, 2.45) is 5.73 Å². The van der Waals surface area contributed by atoms with E-state index in [2.05, 4.69) is 4.74 Å². The lowest BCUT2D eigenvalue weighted by Gasteiger charge is -2.21. The predicted octanol–water partition coefficient (Wildman–Crippen LogP) is 2.41. The molecule has 0 aliphatic heterocycles. The third-order valence-electron chi connectivity index (χ3n) is 2.17. The van der Waals surface area contributed by atoms with Crippen LogP contribution in [-0.2, 0) is 5.92 Å². The summed E-state index contributed by atoms with van der Waals surface area (Å²) in [4.78, 5) is 0. The van der Waals surface area contributed by atoms with Crippen LogP contribution in [0.3, 0.4) is 0 Å². The van der Waals surface area contributed by atoms with Gasteiger partial charge in [-0.05, 0) is 13.0 Å². The van der Waals surface area contributed by atoms with E-state index < -0.39 is 34.9 Å². The minimum Gasteiger partial charge on any atom is -0.494 e. The lowest BCUT2D eigenvalue weighted by molar-refractivity contribution is -0.0292. The third-order valence-corrected chi connectivity index (χ3v) is 2.17. The third kappa shape index (κ3) is 2.11. The van der Waals surface area contributed by atoms with E-state index >= 15 is 0 Å². The molecule has 0 spiro atoms. The first-order valence-corrected chi connectivity index (χ1v) is 4.47. The Kier molecular flexibility index (Phi) is 3.42. The first kappa shape index (κ1) is 12.8. The summed E-state index contributed by atoms with van der Waals surface area (Å²) in [6.45, 7) is 1.02. The normalized spacial score (nSPS) is 13.7. The molecule has 1 aromatic carbocycles. The number of hydrogen-bond donors (Lipinski definition) is 1. The second-order valence-corrected chi connectivity index (χ2v) is 3.38. The van der Waals surface area contributed by atoms with Gasteiger partial charge in [-0.3, -0.25) is 0 Å². The number of halogens is 4. The van der Waals surface area contributed by atoms with Gasteiger partial charge in [-0.1, -0.05) is 0 Å². The zero-order valence-electron chi connectivity index (χ0n) is 8.73. The first-order chi connectivity index (χ1) is 7.30. The van der Waals surface area contributed by atoms with E-state index in [1.807, 2.05) is 0 Å². The van der Waals surface area contributed by atoms with Crippen LogP contribution in [0.1, 0.15) is 12.5 Å². The summed E-state index contributed by atoms with van der Waals surface area (Å²) in [5.74, 6) is -6.36. The molecule has 0 saturated heterocycles. The van der Waals surface area contributed by atoms with Gasteiger partial charge in [0, 0.05) is 6.07 Å². The van der Waals surface area contributed by atoms with Gasteiger partial charge < -0.3 is 10.5 Å². The molecule has 6 heteroatoms. The van der Waals surface area contributed by atoms with E-state index in [0.717, 1.165) is 14.0 Å². The van der Waals surface area contributed by atoms with Gasteiger partial charge in [0.2, 0.25) is 0 Å². The summed E-state index contributed by atoms with van der Waals surface area (Å²) >= 11 is 0. The second kappa shape index (κ2) is 4.29. The van der Waals surface area contributed by atoms with Gasteiger partial charge in [0.05, 0.1) is 18.7 Å². The van der Waals surface area contributed by atoms with Crippen molar-refractivity contribution in [1.29, 1.82) is 0 Å². The molecule has 1 rings (SSSR count). The molecule has 2 N–H and O–H groups in total. The Morgan fingerprint density at radius 3 is 2.25 bits per heavy atom. The Hall–Kier alpha value is -1.30. The molecular formula is C10H11F4NO. The number of alkyl halides is 2. The van der Waals surface area contributed by atoms with Crippen LogP contribution < -0.4 is 10.5 Å². The van der Waals surface area contributed by atoms with Gasteiger partial charge in [-0.25, -0.2) is 8.78 Å². The number of hydrogen-bond acceptors (Lipinski definition) is 2. The fourth-order valence-electron chi connectivity index (χ4n) is 1.19. The Morgan fingerprint density at radius 1 is 1.25 bits per heavy atom. The van der Waals surface area contributed by atoms with Crippen LogP contribution in [0.5, 0.6) is 5.75 Å². The lowest BCUT2D eigenvalue weighted by atomic mass is 10.0. The SMILES string of the molecule is COc1cc(F)c(C(F)(F)C(C)N)cc1F. The van der Waals surface area contributed by atoms with Crippen molar-refractivity contribution in [1.82, 2.24) is 0 Å². The summed E-state index contributed by atoms with van der Waals surface area (Å²) in [5.41, 5.74) is 3.95. The Bertz CT molecular complexity index is 393. The molecule has 90 valence electrons. The molecule has 1 unspecified atom stereocenters. The quantitative estimate of drug-likeness (QED) is 0.819. The summed E-state index contributed by atoms with van der Waals surface area (Å²) in [6.07, 6.45) is 0. The standard InChI is InChI=1S/C10H11F4NO/c1-5(15)10(13,14)6-3-8(12)9(16-2)4-7(6)11/h3-5H,15H2,1-2H3. The minimum absolute atomic E-state index is 0.400. The number of nitrogens with two attached hydrogens (primary N) is 1. The van der Waals surface area contributed by atoms with Crippen molar-refractivity contribution in [3.05, 3.63) is 29.3 Å². The number of rotatable bonds is 3. The molecule has 1 aromatic rings. The molecule has 0 heterocycles. The minimum atomic E-state index is -3.63. The maximum atomic E-state index is 13.4. The Morgan fingerprint density at radius 2 is 1.81 bits per heavy atom. The predicted molar refractivity (Wildman–Crippen MR) is 50.5 cm³/mol. The number of ether oxygens (including phenoxy) is 1. The maximum absolute atomic E-state index is 13.4. The molecule has 16 heavy (non-hydrogen) atoms. The van der Waals surface area contributed by atoms with Crippen LogP contribution in [0.4, 0.5) is 17.6 Å². The number of methoxy groups -OCH3 is 1. The highest BCUT2D eigenvalue weighted by Gasteiger charge is 2.39. The zero-order chi connectivity index (χ0) is 12.5. The smallest absolute Gasteiger partial charge is 0.290 e. The van der Waals surface area contributed by atoms with Crippen LogP contribution >= 0.6 is 0 Å². The van der Waals surface area contributed by atoms with Crippen LogP contribution in [0, 0.1) is 11.6 Å². The molecule has 2 nitrogen and oxygen atoms in total. The first-order valence-electron chi connectivity index (χ1n) is 4.47.